The Hall–Kier alpha value is -4.20. The smallest absolute Gasteiger partial charge is 0.338 e. The Morgan fingerprint density at radius 2 is 1.71 bits per heavy atom. The number of nitrogens with one attached hydrogen (secondary N) is 2. The van der Waals surface area contributed by atoms with E-state index in [-0.39, 0.29) is 13.2 Å². The van der Waals surface area contributed by atoms with Crippen molar-refractivity contribution in [2.75, 3.05) is 11.9 Å². The second-order valence-electron chi connectivity index (χ2n) is 6.33. The lowest BCUT2D eigenvalue weighted by molar-refractivity contribution is -0.136. The predicted molar refractivity (Wildman–Crippen MR) is 115 cm³/mol. The lowest BCUT2D eigenvalue weighted by Crippen LogP contribution is -2.34. The zero-order valence-corrected chi connectivity index (χ0v) is 16.8. The number of furan rings is 1. The molecule has 2 amide bonds. The molecule has 0 unspecified atom stereocenters. The van der Waals surface area contributed by atoms with Gasteiger partial charge in [0.15, 0.2) is 0 Å². The molecule has 1 aromatic heterocycles. The first-order valence-electron chi connectivity index (χ1n) is 9.59. The lowest BCUT2D eigenvalue weighted by atomic mass is 10.2. The van der Waals surface area contributed by atoms with Gasteiger partial charge in [-0.05, 0) is 55.5 Å². The molecule has 0 aliphatic heterocycles. The third kappa shape index (κ3) is 6.40. The van der Waals surface area contributed by atoms with Gasteiger partial charge in [-0.1, -0.05) is 18.2 Å². The number of anilines is 1. The van der Waals surface area contributed by atoms with Crippen LogP contribution in [0.25, 0.3) is 0 Å². The van der Waals surface area contributed by atoms with Crippen molar-refractivity contribution in [3.8, 4) is 0 Å². The Morgan fingerprint density at radius 1 is 0.968 bits per heavy atom. The summed E-state index contributed by atoms with van der Waals surface area (Å²) < 4.78 is 10.5. The molecule has 0 fully saturated rings. The fourth-order valence-electron chi connectivity index (χ4n) is 2.55. The van der Waals surface area contributed by atoms with Gasteiger partial charge in [0.2, 0.25) is 0 Å². The van der Waals surface area contributed by atoms with E-state index in [1.165, 1.54) is 24.3 Å². The fourth-order valence-corrected chi connectivity index (χ4v) is 2.55. The highest BCUT2D eigenvalue weighted by Gasteiger charge is 2.15. The quantitative estimate of drug-likeness (QED) is 0.346. The molecule has 1 heterocycles. The van der Waals surface area contributed by atoms with Gasteiger partial charge in [-0.15, -0.1) is 0 Å². The van der Waals surface area contributed by atoms with E-state index in [9.17, 15) is 14.4 Å². The molecule has 0 aliphatic carbocycles. The molecular weight excluding hydrogens is 398 g/mol. The molecule has 8 nitrogen and oxygen atoms in total. The first kappa shape index (κ1) is 21.5. The first-order chi connectivity index (χ1) is 15.0. The van der Waals surface area contributed by atoms with Gasteiger partial charge in [0.25, 0.3) is 0 Å². The third-order valence-electron chi connectivity index (χ3n) is 4.06. The van der Waals surface area contributed by atoms with Crippen molar-refractivity contribution >= 4 is 35.4 Å². The molecule has 0 bridgehead atoms. The summed E-state index contributed by atoms with van der Waals surface area (Å²) in [5.41, 5.74) is 1.53. The van der Waals surface area contributed by atoms with Gasteiger partial charge >= 0.3 is 17.8 Å². The molecule has 0 radical (unpaired) electrons. The highest BCUT2D eigenvalue weighted by Crippen LogP contribution is 2.12. The second-order valence-corrected chi connectivity index (χ2v) is 6.33. The topological polar surface area (TPSA) is 110 Å². The van der Waals surface area contributed by atoms with Gasteiger partial charge in [0, 0.05) is 5.69 Å². The largest absolute Gasteiger partial charge is 0.462 e. The molecule has 0 saturated carbocycles. The van der Waals surface area contributed by atoms with E-state index in [0.717, 1.165) is 5.69 Å². The number of benzene rings is 2. The lowest BCUT2D eigenvalue weighted by Gasteiger charge is -2.06. The molecule has 0 spiro atoms. The molecular formula is C23H21N3O5. The average molecular weight is 419 g/mol. The van der Waals surface area contributed by atoms with Crippen molar-refractivity contribution in [2.24, 2.45) is 4.99 Å². The molecule has 31 heavy (non-hydrogen) atoms. The summed E-state index contributed by atoms with van der Waals surface area (Å²) in [5.74, 6) is -1.09. The molecule has 0 atom stereocenters. The first-order valence-corrected chi connectivity index (χ1v) is 9.59. The molecule has 8 heteroatoms. The highest BCUT2D eigenvalue weighted by molar-refractivity contribution is 6.39. The molecule has 158 valence electrons. The van der Waals surface area contributed by atoms with E-state index in [0.29, 0.717) is 22.8 Å². The number of hydrogen-bond donors (Lipinski definition) is 2. The second kappa shape index (κ2) is 10.5. The maximum Gasteiger partial charge on any atom is 0.338 e. The van der Waals surface area contributed by atoms with Crippen LogP contribution in [-0.4, -0.2) is 30.6 Å². The fraction of sp³-hybridized carbons (Fsp3) is 0.130. The van der Waals surface area contributed by atoms with Crippen LogP contribution in [0.15, 0.2) is 76.1 Å². The summed E-state index contributed by atoms with van der Waals surface area (Å²) in [5, 5.41) is 4.95. The number of hydrogen-bond acceptors (Lipinski definition) is 6. The summed E-state index contributed by atoms with van der Waals surface area (Å²) in [6, 6.07) is 18.9. The third-order valence-corrected chi connectivity index (χ3v) is 4.06. The number of aliphatic imine (C=N–C) groups is 1. The van der Waals surface area contributed by atoms with E-state index >= 15 is 0 Å². The Labute approximate surface area is 178 Å². The predicted octanol–water partition coefficient (Wildman–Crippen LogP) is 3.46. The van der Waals surface area contributed by atoms with Crippen LogP contribution in [0.5, 0.6) is 0 Å². The van der Waals surface area contributed by atoms with Crippen molar-refractivity contribution in [3.63, 3.8) is 0 Å². The van der Waals surface area contributed by atoms with Crippen molar-refractivity contribution in [1.82, 2.24) is 5.32 Å². The van der Waals surface area contributed by atoms with E-state index in [1.807, 2.05) is 30.3 Å². The Bertz CT molecular complexity index is 1070. The van der Waals surface area contributed by atoms with Crippen LogP contribution >= 0.6 is 0 Å². The number of rotatable bonds is 7. The molecule has 0 aliphatic rings. The minimum Gasteiger partial charge on any atom is -0.462 e. The summed E-state index contributed by atoms with van der Waals surface area (Å²) in [6.45, 7) is 2.04. The molecule has 3 aromatic rings. The van der Waals surface area contributed by atoms with E-state index in [1.54, 1.807) is 25.3 Å². The maximum atomic E-state index is 12.1. The maximum absolute atomic E-state index is 12.1. The number of amides is 2. The Morgan fingerprint density at radius 3 is 2.42 bits per heavy atom. The SMILES string of the molecule is CCOC(=O)c1ccc(NC(=O)C(=O)NCc2ccc(C=Nc3ccccc3)o2)cc1. The summed E-state index contributed by atoms with van der Waals surface area (Å²) in [4.78, 5) is 40.0. The van der Waals surface area contributed by atoms with Crippen molar-refractivity contribution in [3.05, 3.63) is 83.8 Å². The normalized spacial score (nSPS) is 10.6. The van der Waals surface area contributed by atoms with Crippen LogP contribution in [0, 0.1) is 0 Å². The van der Waals surface area contributed by atoms with Crippen LogP contribution in [-0.2, 0) is 20.9 Å². The number of esters is 1. The van der Waals surface area contributed by atoms with E-state index in [4.69, 9.17) is 9.15 Å². The minimum atomic E-state index is -0.832. The standard InChI is InChI=1S/C23H21N3O5/c1-2-30-23(29)16-8-10-18(11-9-16)26-22(28)21(27)25-15-20-13-12-19(31-20)14-24-17-6-4-3-5-7-17/h3-14H,2,15H2,1H3,(H,25,27)(H,26,28). The minimum absolute atomic E-state index is 0.0488. The van der Waals surface area contributed by atoms with Gasteiger partial charge in [-0.3, -0.25) is 14.6 Å². The number of nitrogens with zero attached hydrogens (tertiary/aromatic N) is 1. The monoisotopic (exact) mass is 419 g/mol. The Balaban J connectivity index is 1.48. The van der Waals surface area contributed by atoms with Gasteiger partial charge in [0.05, 0.1) is 30.6 Å². The van der Waals surface area contributed by atoms with Crippen LogP contribution in [0.1, 0.15) is 28.8 Å². The van der Waals surface area contributed by atoms with Gasteiger partial charge < -0.3 is 19.8 Å². The highest BCUT2D eigenvalue weighted by atomic mass is 16.5. The van der Waals surface area contributed by atoms with Gasteiger partial charge in [-0.25, -0.2) is 4.79 Å². The number of para-hydroxylation sites is 1. The number of ether oxygens (including phenoxy) is 1. The van der Waals surface area contributed by atoms with Crippen molar-refractivity contribution in [1.29, 1.82) is 0 Å². The average Bonchev–Trinajstić information content (AvgIpc) is 3.25. The summed E-state index contributed by atoms with van der Waals surface area (Å²) >= 11 is 0. The van der Waals surface area contributed by atoms with Crippen molar-refractivity contribution < 1.29 is 23.5 Å². The van der Waals surface area contributed by atoms with Crippen LogP contribution in [0.2, 0.25) is 0 Å². The molecule has 2 N–H and O–H groups in total. The van der Waals surface area contributed by atoms with Gasteiger partial charge in [-0.2, -0.15) is 0 Å². The number of carbonyl (C=O) groups excluding carboxylic acids is 3. The van der Waals surface area contributed by atoms with E-state index < -0.39 is 17.8 Å². The molecule has 3 rings (SSSR count). The summed E-state index contributed by atoms with van der Waals surface area (Å²) in [7, 11) is 0. The zero-order valence-electron chi connectivity index (χ0n) is 16.8. The van der Waals surface area contributed by atoms with Crippen LogP contribution < -0.4 is 10.6 Å². The molecule has 2 aromatic carbocycles. The van der Waals surface area contributed by atoms with Crippen molar-refractivity contribution in [2.45, 2.75) is 13.5 Å². The van der Waals surface area contributed by atoms with Crippen LogP contribution in [0.4, 0.5) is 11.4 Å². The Kier molecular flexibility index (Phi) is 7.31. The number of carbonyl (C=O) groups is 3. The summed E-state index contributed by atoms with van der Waals surface area (Å²) in [6.07, 6.45) is 1.58. The molecule has 0 saturated heterocycles. The van der Waals surface area contributed by atoms with Gasteiger partial charge in [0.1, 0.15) is 11.5 Å². The zero-order chi connectivity index (χ0) is 22.1. The van der Waals surface area contributed by atoms with E-state index in [2.05, 4.69) is 15.6 Å². The van der Waals surface area contributed by atoms with Crippen LogP contribution in [0.3, 0.4) is 0 Å².